The van der Waals surface area contributed by atoms with E-state index in [1.165, 1.54) is 115 Å². The van der Waals surface area contributed by atoms with Gasteiger partial charge in [-0.2, -0.15) is 13.2 Å². The Morgan fingerprint density at radius 3 is 1.64 bits per heavy atom. The normalized spacial score (nSPS) is 12.2. The summed E-state index contributed by atoms with van der Waals surface area (Å²) >= 11 is 0. The first-order valence-electron chi connectivity index (χ1n) is 14.3. The van der Waals surface area contributed by atoms with E-state index in [0.717, 1.165) is 17.4 Å². The molecule has 1 rings (SSSR count). The number of ether oxygens (including phenoxy) is 1. The van der Waals surface area contributed by atoms with Crippen molar-refractivity contribution in [3.05, 3.63) is 29.8 Å². The summed E-state index contributed by atoms with van der Waals surface area (Å²) in [6.45, 7) is 4.22. The Bertz CT molecular complexity index is 704. The number of para-hydroxylation sites is 1. The highest BCUT2D eigenvalue weighted by Crippen LogP contribution is 2.27. The summed E-state index contributed by atoms with van der Waals surface area (Å²) in [5, 5.41) is 0. The summed E-state index contributed by atoms with van der Waals surface area (Å²) < 4.78 is 44.7. The molecule has 6 heteroatoms. The van der Waals surface area contributed by atoms with Crippen molar-refractivity contribution >= 4 is 5.78 Å². The molecule has 0 atom stereocenters. The highest BCUT2D eigenvalue weighted by atomic mass is 19.4. The van der Waals surface area contributed by atoms with Gasteiger partial charge in [0, 0.05) is 0 Å². The lowest BCUT2D eigenvalue weighted by Crippen LogP contribution is -2.43. The van der Waals surface area contributed by atoms with Crippen molar-refractivity contribution < 1.29 is 27.2 Å². The molecule has 0 aliphatic rings. The molecule has 0 saturated carbocycles. The number of Topliss-reactive ketones (excluding diaryl/α,β-unsaturated/α-hetero) is 1. The van der Waals surface area contributed by atoms with Crippen molar-refractivity contribution in [2.45, 2.75) is 116 Å². The average molecular weight is 515 g/mol. The van der Waals surface area contributed by atoms with Crippen LogP contribution >= 0.6 is 0 Å². The summed E-state index contributed by atoms with van der Waals surface area (Å²) in [5.74, 6) is -1.86. The van der Waals surface area contributed by atoms with Gasteiger partial charge >= 0.3 is 6.18 Å². The largest absolute Gasteiger partial charge is 0.487 e. The van der Waals surface area contributed by atoms with Crippen molar-refractivity contribution in [3.8, 4) is 5.75 Å². The fraction of sp³-hybridized carbons (Fsp3) is 0.767. The quantitative estimate of drug-likeness (QED) is 0.0876. The lowest BCUT2D eigenvalue weighted by molar-refractivity contribution is -0.890. The lowest BCUT2D eigenvalue weighted by Gasteiger charge is -2.30. The molecule has 0 heterocycles. The number of carbonyl (C=O) groups is 1. The third-order valence-corrected chi connectivity index (χ3v) is 6.96. The lowest BCUT2D eigenvalue weighted by atomic mass is 10.0. The van der Waals surface area contributed by atoms with Crippen LogP contribution in [0.15, 0.2) is 24.3 Å². The zero-order valence-electron chi connectivity index (χ0n) is 23.1. The Labute approximate surface area is 218 Å². The monoisotopic (exact) mass is 514 g/mol. The van der Waals surface area contributed by atoms with E-state index in [4.69, 9.17) is 4.74 Å². The van der Waals surface area contributed by atoms with E-state index in [9.17, 15) is 18.0 Å². The van der Waals surface area contributed by atoms with E-state index in [1.54, 1.807) is 6.07 Å². The topological polar surface area (TPSA) is 26.3 Å². The minimum Gasteiger partial charge on any atom is -0.487 e. The Morgan fingerprint density at radius 1 is 0.722 bits per heavy atom. The van der Waals surface area contributed by atoms with E-state index in [-0.39, 0.29) is 12.4 Å². The van der Waals surface area contributed by atoms with Crippen LogP contribution in [0.2, 0.25) is 0 Å². The molecule has 0 unspecified atom stereocenters. The van der Waals surface area contributed by atoms with Crippen LogP contribution in [0.3, 0.4) is 0 Å². The van der Waals surface area contributed by atoms with Gasteiger partial charge < -0.3 is 9.22 Å². The number of rotatable bonds is 22. The first-order chi connectivity index (χ1) is 17.2. The summed E-state index contributed by atoms with van der Waals surface area (Å²) in [7, 11) is 4.22. The van der Waals surface area contributed by atoms with Gasteiger partial charge in [-0.3, -0.25) is 4.79 Å². The minimum absolute atomic E-state index is 0.00207. The number of benzene rings is 1. The molecule has 0 aliphatic carbocycles. The molecule has 0 fully saturated rings. The van der Waals surface area contributed by atoms with E-state index in [2.05, 4.69) is 21.0 Å². The van der Waals surface area contributed by atoms with E-state index < -0.39 is 17.5 Å². The van der Waals surface area contributed by atoms with Gasteiger partial charge in [-0.05, 0) is 25.0 Å². The number of quaternary nitrogens is 1. The molecule has 0 amide bonds. The molecule has 1 aromatic rings. The summed E-state index contributed by atoms with van der Waals surface area (Å²) in [4.78, 5) is 11.6. The fourth-order valence-electron chi connectivity index (χ4n) is 4.54. The minimum atomic E-state index is -4.90. The van der Waals surface area contributed by atoms with Gasteiger partial charge in [-0.25, -0.2) is 0 Å². The maximum Gasteiger partial charge on any atom is 0.455 e. The SMILES string of the molecule is CCCCCCCCCCCCCCCCCC[N+](C)(C)CCOc1ccccc1C(=O)C(F)(F)F. The van der Waals surface area contributed by atoms with Gasteiger partial charge in [-0.15, -0.1) is 0 Å². The number of hydrogen-bond acceptors (Lipinski definition) is 2. The van der Waals surface area contributed by atoms with Gasteiger partial charge in [0.1, 0.15) is 18.9 Å². The van der Waals surface area contributed by atoms with Crippen molar-refractivity contribution in [2.75, 3.05) is 33.8 Å². The first kappa shape index (κ1) is 32.5. The standard InChI is InChI=1S/C30H51F3NO2/c1-4-5-6-7-8-9-10-11-12-13-14-15-16-17-18-21-24-34(2,3)25-26-36-28-23-20-19-22-27(28)29(35)30(31,32)33/h19-20,22-23H,4-18,21,24-26H2,1-3H3/q+1. The van der Waals surface area contributed by atoms with Crippen LogP contribution in [-0.4, -0.2) is 50.2 Å². The van der Waals surface area contributed by atoms with Crippen LogP contribution in [0, 0.1) is 0 Å². The zero-order chi connectivity index (χ0) is 26.7. The molecule has 0 N–H and O–H groups in total. The van der Waals surface area contributed by atoms with E-state index >= 15 is 0 Å². The predicted octanol–water partition coefficient (Wildman–Crippen LogP) is 9.15. The second-order valence-corrected chi connectivity index (χ2v) is 10.9. The smallest absolute Gasteiger partial charge is 0.455 e. The summed E-state index contributed by atoms with van der Waals surface area (Å²) in [5.41, 5.74) is -0.423. The molecule has 36 heavy (non-hydrogen) atoms. The van der Waals surface area contributed by atoms with Crippen molar-refractivity contribution in [1.29, 1.82) is 0 Å². The van der Waals surface area contributed by atoms with E-state index in [1.807, 2.05) is 0 Å². The number of halogens is 3. The summed E-state index contributed by atoms with van der Waals surface area (Å²) in [6, 6.07) is 5.60. The fourth-order valence-corrected chi connectivity index (χ4v) is 4.54. The van der Waals surface area contributed by atoms with Crippen LogP contribution in [-0.2, 0) is 0 Å². The Kier molecular flexibility index (Phi) is 16.8. The van der Waals surface area contributed by atoms with Crippen LogP contribution in [0.1, 0.15) is 120 Å². The number of unbranched alkanes of at least 4 members (excludes halogenated alkanes) is 15. The van der Waals surface area contributed by atoms with Gasteiger partial charge in [0.15, 0.2) is 0 Å². The molecule has 0 aromatic heterocycles. The van der Waals surface area contributed by atoms with E-state index in [0.29, 0.717) is 6.54 Å². The third kappa shape index (κ3) is 15.5. The van der Waals surface area contributed by atoms with Gasteiger partial charge in [0.05, 0.1) is 26.2 Å². The number of nitrogens with zero attached hydrogens (tertiary/aromatic N) is 1. The van der Waals surface area contributed by atoms with Crippen molar-refractivity contribution in [1.82, 2.24) is 0 Å². The summed E-state index contributed by atoms with van der Waals surface area (Å²) in [6.07, 6.45) is 16.6. The molecule has 1 aromatic carbocycles. The Hall–Kier alpha value is -1.56. The Morgan fingerprint density at radius 2 is 1.17 bits per heavy atom. The van der Waals surface area contributed by atoms with Crippen LogP contribution < -0.4 is 4.74 Å². The average Bonchev–Trinajstić information content (AvgIpc) is 2.83. The molecule has 0 radical (unpaired) electrons. The van der Waals surface area contributed by atoms with Crippen LogP contribution in [0.4, 0.5) is 13.2 Å². The van der Waals surface area contributed by atoms with Gasteiger partial charge in [-0.1, -0.05) is 109 Å². The molecule has 0 aliphatic heterocycles. The molecule has 208 valence electrons. The number of ketones is 1. The van der Waals surface area contributed by atoms with Gasteiger partial charge in [0.25, 0.3) is 5.78 Å². The van der Waals surface area contributed by atoms with Gasteiger partial charge in [0.2, 0.25) is 0 Å². The predicted molar refractivity (Wildman–Crippen MR) is 144 cm³/mol. The second-order valence-electron chi connectivity index (χ2n) is 10.9. The maximum absolute atomic E-state index is 12.8. The highest BCUT2D eigenvalue weighted by molar-refractivity contribution is 6.02. The van der Waals surface area contributed by atoms with Crippen LogP contribution in [0.25, 0.3) is 0 Å². The number of hydrogen-bond donors (Lipinski definition) is 0. The third-order valence-electron chi connectivity index (χ3n) is 6.96. The van der Waals surface area contributed by atoms with Crippen molar-refractivity contribution in [3.63, 3.8) is 0 Å². The molecule has 0 spiro atoms. The number of alkyl halides is 3. The number of carbonyl (C=O) groups excluding carboxylic acids is 1. The van der Waals surface area contributed by atoms with Crippen molar-refractivity contribution in [2.24, 2.45) is 0 Å². The first-order valence-corrected chi connectivity index (χ1v) is 14.3. The zero-order valence-corrected chi connectivity index (χ0v) is 23.1. The molecule has 0 saturated heterocycles. The number of likely N-dealkylation sites (N-methyl/N-ethyl adjacent to an activating group) is 1. The molecular weight excluding hydrogens is 463 g/mol. The maximum atomic E-state index is 12.8. The molecule has 0 bridgehead atoms. The second kappa shape index (κ2) is 18.6. The molecular formula is C30H51F3NO2+. The highest BCUT2D eigenvalue weighted by Gasteiger charge is 2.40. The molecule has 3 nitrogen and oxygen atoms in total. The van der Waals surface area contributed by atoms with Crippen LogP contribution in [0.5, 0.6) is 5.75 Å². The Balaban J connectivity index is 2.05.